The maximum absolute atomic E-state index is 10.8. The van der Waals surface area contributed by atoms with Gasteiger partial charge in [0.2, 0.25) is 0 Å². The molecule has 4 nitrogen and oxygen atoms in total. The highest BCUT2D eigenvalue weighted by Gasteiger charge is 2.25. The van der Waals surface area contributed by atoms with Gasteiger partial charge in [0.1, 0.15) is 6.04 Å². The molecule has 0 aromatic rings. The van der Waals surface area contributed by atoms with Gasteiger partial charge >= 0.3 is 5.97 Å². The van der Waals surface area contributed by atoms with E-state index >= 15 is 0 Å². The van der Waals surface area contributed by atoms with Gasteiger partial charge in [-0.1, -0.05) is 13.8 Å². The topological polar surface area (TPSA) is 72.5 Å². The van der Waals surface area contributed by atoms with E-state index in [0.29, 0.717) is 0 Å². The van der Waals surface area contributed by atoms with Gasteiger partial charge in [-0.05, 0) is 5.92 Å². The Kier molecular flexibility index (Phi) is 4.07. The van der Waals surface area contributed by atoms with Crippen LogP contribution in [0.4, 0.5) is 0 Å². The van der Waals surface area contributed by atoms with Crippen molar-refractivity contribution in [3.05, 3.63) is 0 Å². The first-order valence-corrected chi connectivity index (χ1v) is 3.52. The van der Waals surface area contributed by atoms with Crippen LogP contribution in [0.1, 0.15) is 13.8 Å². The van der Waals surface area contributed by atoms with Gasteiger partial charge in [0.05, 0.1) is 13.2 Å². The Bertz CT molecular complexity index is 136. The standard InChI is InChI=1S/C7H15NO3/c1-4(2)6(9)5(8)7(10)11-3/h4-6,9H,8H2,1-3H3/t5-,6-/m0/s1. The molecule has 0 aromatic carbocycles. The van der Waals surface area contributed by atoms with Crippen molar-refractivity contribution >= 4 is 5.97 Å². The predicted octanol–water partition coefficient (Wildman–Crippen LogP) is -0.496. The van der Waals surface area contributed by atoms with Crippen molar-refractivity contribution in [2.24, 2.45) is 11.7 Å². The van der Waals surface area contributed by atoms with Crippen molar-refractivity contribution in [2.75, 3.05) is 7.11 Å². The number of rotatable bonds is 3. The minimum absolute atomic E-state index is 0.0379. The zero-order valence-electron chi connectivity index (χ0n) is 7.07. The van der Waals surface area contributed by atoms with Gasteiger partial charge in [-0.3, -0.25) is 4.79 Å². The summed E-state index contributed by atoms with van der Waals surface area (Å²) in [5.41, 5.74) is 5.35. The molecule has 0 heterocycles. The van der Waals surface area contributed by atoms with E-state index in [2.05, 4.69) is 4.74 Å². The Morgan fingerprint density at radius 2 is 2.00 bits per heavy atom. The minimum atomic E-state index is -0.931. The molecule has 0 aliphatic heterocycles. The van der Waals surface area contributed by atoms with E-state index in [4.69, 9.17) is 5.73 Å². The Hall–Kier alpha value is -0.610. The molecule has 3 N–H and O–H groups in total. The Labute approximate surface area is 66.3 Å². The van der Waals surface area contributed by atoms with Crippen molar-refractivity contribution in [3.8, 4) is 0 Å². The van der Waals surface area contributed by atoms with Gasteiger partial charge in [-0.25, -0.2) is 0 Å². The number of ether oxygens (including phenoxy) is 1. The molecule has 66 valence electrons. The molecule has 0 fully saturated rings. The van der Waals surface area contributed by atoms with Gasteiger partial charge in [0, 0.05) is 0 Å². The second-order valence-electron chi connectivity index (χ2n) is 2.78. The highest BCUT2D eigenvalue weighted by atomic mass is 16.5. The maximum Gasteiger partial charge on any atom is 0.325 e. The third kappa shape index (κ3) is 2.86. The third-order valence-electron chi connectivity index (χ3n) is 1.52. The van der Waals surface area contributed by atoms with E-state index in [-0.39, 0.29) is 5.92 Å². The molecule has 4 heteroatoms. The quantitative estimate of drug-likeness (QED) is 0.547. The number of hydrogen-bond donors (Lipinski definition) is 2. The number of aliphatic hydroxyl groups excluding tert-OH is 1. The average molecular weight is 161 g/mol. The van der Waals surface area contributed by atoms with Crippen molar-refractivity contribution in [1.29, 1.82) is 0 Å². The van der Waals surface area contributed by atoms with E-state index < -0.39 is 18.1 Å². The lowest BCUT2D eigenvalue weighted by Crippen LogP contribution is -2.45. The Morgan fingerprint density at radius 1 is 1.55 bits per heavy atom. The fourth-order valence-corrected chi connectivity index (χ4v) is 0.690. The van der Waals surface area contributed by atoms with Crippen LogP contribution in [0.5, 0.6) is 0 Å². The lowest BCUT2D eigenvalue weighted by atomic mass is 10.0. The summed E-state index contributed by atoms with van der Waals surface area (Å²) in [6.45, 7) is 3.57. The molecule has 2 atom stereocenters. The first-order valence-electron chi connectivity index (χ1n) is 3.52. The predicted molar refractivity (Wildman–Crippen MR) is 40.8 cm³/mol. The second-order valence-corrected chi connectivity index (χ2v) is 2.78. The molecule has 0 spiro atoms. The number of aliphatic hydroxyl groups is 1. The smallest absolute Gasteiger partial charge is 0.325 e. The Morgan fingerprint density at radius 3 is 2.27 bits per heavy atom. The van der Waals surface area contributed by atoms with Gasteiger partial charge in [-0.2, -0.15) is 0 Å². The number of methoxy groups -OCH3 is 1. The highest BCUT2D eigenvalue weighted by molar-refractivity contribution is 5.76. The second kappa shape index (κ2) is 4.31. The lowest BCUT2D eigenvalue weighted by molar-refractivity contribution is -0.145. The number of nitrogens with two attached hydrogens (primary N) is 1. The van der Waals surface area contributed by atoms with E-state index in [1.54, 1.807) is 13.8 Å². The molecule has 0 unspecified atom stereocenters. The number of hydrogen-bond acceptors (Lipinski definition) is 4. The van der Waals surface area contributed by atoms with Crippen LogP contribution in [0, 0.1) is 5.92 Å². The van der Waals surface area contributed by atoms with Gasteiger partial charge in [0.15, 0.2) is 0 Å². The zero-order valence-corrected chi connectivity index (χ0v) is 7.07. The van der Waals surface area contributed by atoms with Crippen LogP contribution in [-0.2, 0) is 9.53 Å². The molecule has 11 heavy (non-hydrogen) atoms. The summed E-state index contributed by atoms with van der Waals surface area (Å²) in [4.78, 5) is 10.8. The molecule has 0 saturated carbocycles. The molecular formula is C7H15NO3. The highest BCUT2D eigenvalue weighted by Crippen LogP contribution is 2.05. The van der Waals surface area contributed by atoms with Crippen LogP contribution in [-0.4, -0.2) is 30.3 Å². The van der Waals surface area contributed by atoms with Gasteiger partial charge in [-0.15, -0.1) is 0 Å². The molecule has 0 aliphatic carbocycles. The first kappa shape index (κ1) is 10.4. The summed E-state index contributed by atoms with van der Waals surface area (Å²) in [5, 5.41) is 9.27. The first-order chi connectivity index (χ1) is 5.00. The maximum atomic E-state index is 10.8. The van der Waals surface area contributed by atoms with Crippen LogP contribution in [0.3, 0.4) is 0 Å². The molecule has 0 amide bonds. The van der Waals surface area contributed by atoms with Crippen molar-refractivity contribution in [1.82, 2.24) is 0 Å². The van der Waals surface area contributed by atoms with E-state index in [1.165, 1.54) is 7.11 Å². The molecule has 0 radical (unpaired) electrons. The minimum Gasteiger partial charge on any atom is -0.468 e. The molecule has 0 aromatic heterocycles. The van der Waals surface area contributed by atoms with E-state index in [1.807, 2.05) is 0 Å². The summed E-state index contributed by atoms with van der Waals surface area (Å²) < 4.78 is 4.36. The monoisotopic (exact) mass is 161 g/mol. The van der Waals surface area contributed by atoms with Gasteiger partial charge < -0.3 is 15.6 Å². The number of carbonyl (C=O) groups excluding carboxylic acids is 1. The SMILES string of the molecule is COC(=O)[C@@H](N)[C@@H](O)C(C)C. The van der Waals surface area contributed by atoms with Crippen LogP contribution in [0.2, 0.25) is 0 Å². The fraction of sp³-hybridized carbons (Fsp3) is 0.857. The van der Waals surface area contributed by atoms with Crippen molar-refractivity contribution < 1.29 is 14.6 Å². The average Bonchev–Trinajstić information content (AvgIpc) is 2.00. The molecular weight excluding hydrogens is 146 g/mol. The number of carbonyl (C=O) groups is 1. The zero-order chi connectivity index (χ0) is 9.02. The lowest BCUT2D eigenvalue weighted by Gasteiger charge is -2.19. The summed E-state index contributed by atoms with van der Waals surface area (Å²) in [6, 6.07) is -0.931. The molecule has 0 aliphatic rings. The fourth-order valence-electron chi connectivity index (χ4n) is 0.690. The summed E-state index contributed by atoms with van der Waals surface area (Å²) in [7, 11) is 1.25. The van der Waals surface area contributed by atoms with Crippen molar-refractivity contribution in [2.45, 2.75) is 26.0 Å². The normalized spacial score (nSPS) is 16.2. The Balaban J connectivity index is 4.01. The van der Waals surface area contributed by atoms with Crippen LogP contribution in [0.15, 0.2) is 0 Å². The van der Waals surface area contributed by atoms with Crippen LogP contribution >= 0.6 is 0 Å². The number of esters is 1. The van der Waals surface area contributed by atoms with Gasteiger partial charge in [0.25, 0.3) is 0 Å². The largest absolute Gasteiger partial charge is 0.468 e. The van der Waals surface area contributed by atoms with E-state index in [0.717, 1.165) is 0 Å². The van der Waals surface area contributed by atoms with Crippen LogP contribution in [0.25, 0.3) is 0 Å². The molecule has 0 rings (SSSR count). The molecule has 0 bridgehead atoms. The van der Waals surface area contributed by atoms with Crippen LogP contribution < -0.4 is 5.73 Å². The molecule has 0 saturated heterocycles. The third-order valence-corrected chi connectivity index (χ3v) is 1.52. The summed E-state index contributed by atoms with van der Waals surface area (Å²) in [5.74, 6) is -0.615. The summed E-state index contributed by atoms with van der Waals surface area (Å²) >= 11 is 0. The van der Waals surface area contributed by atoms with E-state index in [9.17, 15) is 9.90 Å². The van der Waals surface area contributed by atoms with Crippen molar-refractivity contribution in [3.63, 3.8) is 0 Å². The summed E-state index contributed by atoms with van der Waals surface area (Å²) in [6.07, 6.45) is -0.831.